The number of carbonyl (C=O) groups excluding carboxylic acids is 2. The highest BCUT2D eigenvalue weighted by atomic mass is 16.6. The lowest BCUT2D eigenvalue weighted by molar-refractivity contribution is -0.938. The van der Waals surface area contributed by atoms with Crippen molar-refractivity contribution in [1.29, 1.82) is 0 Å². The smallest absolute Gasteiger partial charge is 0.421 e. The first-order chi connectivity index (χ1) is 15.4. The van der Waals surface area contributed by atoms with E-state index in [1.54, 1.807) is 0 Å². The zero-order valence-corrected chi connectivity index (χ0v) is 17.0. The summed E-state index contributed by atoms with van der Waals surface area (Å²) in [5.41, 5.74) is -0.961. The molecule has 3 aliphatic heterocycles. The fourth-order valence-electron chi connectivity index (χ4n) is 4.71. The lowest BCUT2D eigenvalue weighted by Gasteiger charge is -2.51. The first kappa shape index (κ1) is 20.1. The van der Waals surface area contributed by atoms with Crippen LogP contribution in [0.15, 0.2) is 34.6 Å². The van der Waals surface area contributed by atoms with Crippen molar-refractivity contribution in [2.45, 2.75) is 18.9 Å². The third-order valence-corrected chi connectivity index (χ3v) is 6.26. The van der Waals surface area contributed by atoms with Gasteiger partial charge in [-0.3, -0.25) is 19.6 Å². The Morgan fingerprint density at radius 1 is 1.19 bits per heavy atom. The van der Waals surface area contributed by atoms with E-state index in [9.17, 15) is 19.2 Å². The molecule has 1 amide bonds. The molecule has 3 aliphatic rings. The molecule has 0 radical (unpaired) electrons. The van der Waals surface area contributed by atoms with E-state index in [-0.39, 0.29) is 35.6 Å². The molecule has 3 aromatic rings. The number of nitrogens with one attached hydrogen (secondary N) is 3. The van der Waals surface area contributed by atoms with Crippen molar-refractivity contribution in [3.8, 4) is 0 Å². The molecule has 13 nitrogen and oxygen atoms in total. The fourth-order valence-corrected chi connectivity index (χ4v) is 4.71. The Morgan fingerprint density at radius 3 is 2.69 bits per heavy atom. The largest absolute Gasteiger partial charge is 0.439 e. The molecular formula is C19H21N8O5+. The van der Waals surface area contributed by atoms with Crippen LogP contribution in [0.5, 0.6) is 0 Å². The van der Waals surface area contributed by atoms with Gasteiger partial charge in [0.25, 0.3) is 11.5 Å². The summed E-state index contributed by atoms with van der Waals surface area (Å²) in [5, 5.41) is 2.81. The molecule has 0 spiro atoms. The molecule has 2 bridgehead atoms. The Hall–Kier alpha value is -3.87. The number of carbonyl (C=O) groups is 2. The van der Waals surface area contributed by atoms with Crippen molar-refractivity contribution in [2.24, 2.45) is 5.92 Å². The minimum atomic E-state index is -0.737. The molecule has 3 N–H and O–H groups in total. The lowest BCUT2D eigenvalue weighted by atomic mass is 9.83. The third kappa shape index (κ3) is 3.66. The van der Waals surface area contributed by atoms with E-state index in [1.165, 1.54) is 18.7 Å². The lowest BCUT2D eigenvalue weighted by Crippen LogP contribution is -2.66. The topological polar surface area (TPSA) is 165 Å². The zero-order valence-electron chi connectivity index (χ0n) is 17.0. The van der Waals surface area contributed by atoms with E-state index >= 15 is 0 Å². The predicted molar refractivity (Wildman–Crippen MR) is 110 cm³/mol. The summed E-state index contributed by atoms with van der Waals surface area (Å²) in [6.45, 7) is 2.42. The van der Waals surface area contributed by atoms with Crippen LogP contribution in [-0.2, 0) is 9.53 Å². The third-order valence-electron chi connectivity index (χ3n) is 6.26. The van der Waals surface area contributed by atoms with Gasteiger partial charge in [-0.25, -0.2) is 29.1 Å². The Morgan fingerprint density at radius 2 is 1.94 bits per heavy atom. The van der Waals surface area contributed by atoms with Gasteiger partial charge in [-0.05, 0) is 0 Å². The van der Waals surface area contributed by atoms with E-state index in [2.05, 4.69) is 30.2 Å². The summed E-state index contributed by atoms with van der Waals surface area (Å²) in [5.74, 6) is 0.0457. The van der Waals surface area contributed by atoms with Gasteiger partial charge in [-0.2, -0.15) is 0 Å². The highest BCUT2D eigenvalue weighted by Crippen LogP contribution is 2.35. The van der Waals surface area contributed by atoms with E-state index in [0.29, 0.717) is 16.7 Å². The summed E-state index contributed by atoms with van der Waals surface area (Å²) >= 11 is 0. The standard InChI is InChI=1S/C19H20N8O5/c28-14(23-12-5-20-9-21-6-12)8-27-3-1-11(2-4-27)13(7-27)32-19(31)26-10-22-15-16(26)24-18(30)25-17(15)29/h5-6,9-11,13H,1-4,7-8H2,(H2-,23,24,25,28,29,30)/p+1/t11?,13-,27?/m0/s1. The van der Waals surface area contributed by atoms with Crippen molar-refractivity contribution in [1.82, 2.24) is 29.5 Å². The molecule has 3 saturated heterocycles. The number of imidazole rings is 1. The predicted octanol–water partition coefficient (Wildman–Crippen LogP) is -0.565. The van der Waals surface area contributed by atoms with Gasteiger partial charge in [0.05, 0.1) is 31.2 Å². The number of ether oxygens (including phenoxy) is 1. The number of fused-ring (bicyclic) bond motifs is 4. The first-order valence-electron chi connectivity index (χ1n) is 10.2. The molecule has 6 rings (SSSR count). The Kier molecular flexibility index (Phi) is 4.81. The molecule has 0 unspecified atom stereocenters. The molecule has 1 atom stereocenters. The van der Waals surface area contributed by atoms with E-state index in [0.717, 1.165) is 36.8 Å². The second-order valence-corrected chi connectivity index (χ2v) is 8.28. The fraction of sp³-hybridized carbons (Fsp3) is 0.421. The van der Waals surface area contributed by atoms with Crippen molar-refractivity contribution in [3.05, 3.63) is 45.9 Å². The van der Waals surface area contributed by atoms with Gasteiger partial charge in [0.15, 0.2) is 23.8 Å². The average Bonchev–Trinajstić information content (AvgIpc) is 3.19. The van der Waals surface area contributed by atoms with Crippen LogP contribution in [0, 0.1) is 5.92 Å². The number of hydrogen-bond donors (Lipinski definition) is 3. The van der Waals surface area contributed by atoms with Crippen LogP contribution < -0.4 is 16.6 Å². The van der Waals surface area contributed by atoms with Crippen LogP contribution in [0.1, 0.15) is 12.8 Å². The maximum atomic E-state index is 12.8. The number of anilines is 1. The molecule has 32 heavy (non-hydrogen) atoms. The minimum absolute atomic E-state index is 0.0154. The van der Waals surface area contributed by atoms with Crippen LogP contribution in [0.3, 0.4) is 0 Å². The van der Waals surface area contributed by atoms with Crippen LogP contribution in [0.4, 0.5) is 10.5 Å². The first-order valence-corrected chi connectivity index (χ1v) is 10.2. The number of aromatic nitrogens is 6. The van der Waals surface area contributed by atoms with Gasteiger partial charge < -0.3 is 14.5 Å². The average molecular weight is 441 g/mol. The molecule has 3 aromatic heterocycles. The van der Waals surface area contributed by atoms with Crippen molar-refractivity contribution >= 4 is 28.9 Å². The summed E-state index contributed by atoms with van der Waals surface area (Å²) in [7, 11) is 0. The second-order valence-electron chi connectivity index (χ2n) is 8.28. The van der Waals surface area contributed by atoms with Crippen molar-refractivity contribution in [2.75, 3.05) is 31.5 Å². The Labute approximate surface area is 180 Å². The minimum Gasteiger partial charge on any atom is -0.439 e. The zero-order chi connectivity index (χ0) is 22.3. The molecule has 13 heteroatoms. The summed E-state index contributed by atoms with van der Waals surface area (Å²) in [6.07, 6.45) is 6.16. The molecular weight excluding hydrogens is 420 g/mol. The normalized spacial score (nSPS) is 24.4. The highest BCUT2D eigenvalue weighted by Gasteiger charge is 2.48. The van der Waals surface area contributed by atoms with Gasteiger partial charge in [0, 0.05) is 18.8 Å². The quantitative estimate of drug-likeness (QED) is 0.453. The molecule has 0 aromatic carbocycles. The van der Waals surface area contributed by atoms with Crippen molar-refractivity contribution in [3.63, 3.8) is 0 Å². The van der Waals surface area contributed by atoms with Gasteiger partial charge in [-0.1, -0.05) is 0 Å². The highest BCUT2D eigenvalue weighted by molar-refractivity contribution is 5.91. The van der Waals surface area contributed by atoms with Crippen molar-refractivity contribution < 1.29 is 18.8 Å². The summed E-state index contributed by atoms with van der Waals surface area (Å²) in [6, 6.07) is 0. The van der Waals surface area contributed by atoms with Gasteiger partial charge in [0.1, 0.15) is 19.2 Å². The molecule has 3 fully saturated rings. The number of piperidine rings is 3. The van der Waals surface area contributed by atoms with Gasteiger partial charge in [0.2, 0.25) is 0 Å². The molecule has 0 saturated carbocycles. The Balaban J connectivity index is 1.30. The summed E-state index contributed by atoms with van der Waals surface area (Å²) < 4.78 is 7.31. The number of aromatic amines is 2. The second kappa shape index (κ2) is 7.67. The number of H-pyrrole nitrogens is 2. The molecule has 166 valence electrons. The number of rotatable bonds is 4. The van der Waals surface area contributed by atoms with Crippen LogP contribution in [0.2, 0.25) is 0 Å². The molecule has 0 aliphatic carbocycles. The van der Waals surface area contributed by atoms with Gasteiger partial charge >= 0.3 is 11.8 Å². The van der Waals surface area contributed by atoms with E-state index in [4.69, 9.17) is 4.74 Å². The molecule has 6 heterocycles. The summed E-state index contributed by atoms with van der Waals surface area (Å²) in [4.78, 5) is 65.0. The van der Waals surface area contributed by atoms with E-state index in [1.807, 2.05) is 0 Å². The SMILES string of the molecule is O=C(C[N+]12CCC(CC1)[C@@H](OC(=O)n1cnc3c(=O)[nH]c(=O)[nH]c31)C2)Nc1cncnc1. The van der Waals surface area contributed by atoms with Gasteiger partial charge in [-0.15, -0.1) is 0 Å². The maximum absolute atomic E-state index is 12.8. The van der Waals surface area contributed by atoms with E-state index < -0.39 is 17.3 Å². The van der Waals surface area contributed by atoms with Crippen LogP contribution in [0.25, 0.3) is 11.2 Å². The monoisotopic (exact) mass is 441 g/mol. The van der Waals surface area contributed by atoms with Crippen LogP contribution in [-0.4, -0.2) is 78.3 Å². The number of quaternary nitrogens is 1. The Bertz CT molecular complexity index is 1290. The van der Waals surface area contributed by atoms with Crippen LogP contribution >= 0.6 is 0 Å². The maximum Gasteiger partial charge on any atom is 0.421 e. The number of amides is 1. The number of hydrogen-bond acceptors (Lipinski definition) is 8. The number of nitrogens with zero attached hydrogens (tertiary/aromatic N) is 5.